The van der Waals surface area contributed by atoms with E-state index < -0.39 is 6.10 Å². The number of amides is 1. The number of carbonyl (C=O) groups excluding carboxylic acids is 1. The SMILES string of the molecule is COc1ccc(C2CNC(=O)C2)cc1OCC(O)CN1CCN(c2ccccc2)CC1.Cl.Cl. The smallest absolute Gasteiger partial charge is 0.220 e. The highest BCUT2D eigenvalue weighted by Crippen LogP contribution is 2.33. The maximum atomic E-state index is 11.5. The molecule has 2 heterocycles. The van der Waals surface area contributed by atoms with Gasteiger partial charge in [0.2, 0.25) is 5.91 Å². The van der Waals surface area contributed by atoms with Gasteiger partial charge in [0, 0.05) is 57.3 Å². The fourth-order valence-electron chi connectivity index (χ4n) is 4.27. The van der Waals surface area contributed by atoms with Crippen molar-refractivity contribution in [3.8, 4) is 11.5 Å². The van der Waals surface area contributed by atoms with Crippen LogP contribution < -0.4 is 19.7 Å². The number of aliphatic hydroxyl groups is 1. The molecule has 2 aromatic carbocycles. The van der Waals surface area contributed by atoms with Crippen molar-refractivity contribution < 1.29 is 19.4 Å². The van der Waals surface area contributed by atoms with Gasteiger partial charge in [0.25, 0.3) is 0 Å². The number of anilines is 1. The van der Waals surface area contributed by atoms with Crippen LogP contribution in [0.2, 0.25) is 0 Å². The lowest BCUT2D eigenvalue weighted by atomic mass is 9.98. The molecule has 2 fully saturated rings. The molecule has 2 atom stereocenters. The second-order valence-electron chi connectivity index (χ2n) is 8.20. The fourth-order valence-corrected chi connectivity index (χ4v) is 4.27. The van der Waals surface area contributed by atoms with Crippen LogP contribution in [0, 0.1) is 0 Å². The van der Waals surface area contributed by atoms with Gasteiger partial charge in [-0.2, -0.15) is 0 Å². The number of nitrogens with one attached hydrogen (secondary N) is 1. The second-order valence-corrected chi connectivity index (χ2v) is 8.20. The maximum absolute atomic E-state index is 11.5. The van der Waals surface area contributed by atoms with Crippen LogP contribution in [0.3, 0.4) is 0 Å². The summed E-state index contributed by atoms with van der Waals surface area (Å²) in [7, 11) is 1.60. The number of β-amino-alcohol motifs (C(OH)–C–C–N with tert-alkyl or cyclic N) is 1. The molecular weight excluding hydrogens is 465 g/mol. The summed E-state index contributed by atoms with van der Waals surface area (Å²) in [5.41, 5.74) is 2.29. The van der Waals surface area contributed by atoms with Crippen molar-refractivity contribution in [3.05, 3.63) is 54.1 Å². The highest BCUT2D eigenvalue weighted by molar-refractivity contribution is 5.85. The molecule has 2 unspecified atom stereocenters. The topological polar surface area (TPSA) is 74.3 Å². The van der Waals surface area contributed by atoms with Crippen molar-refractivity contribution in [2.24, 2.45) is 0 Å². The van der Waals surface area contributed by atoms with Crippen LogP contribution in [0.15, 0.2) is 48.5 Å². The summed E-state index contributed by atoms with van der Waals surface area (Å²) in [5.74, 6) is 1.45. The minimum atomic E-state index is -0.591. The summed E-state index contributed by atoms with van der Waals surface area (Å²) in [4.78, 5) is 16.2. The quantitative estimate of drug-likeness (QED) is 0.583. The first-order valence-electron chi connectivity index (χ1n) is 10.9. The van der Waals surface area contributed by atoms with E-state index in [-0.39, 0.29) is 43.2 Å². The number of piperazine rings is 1. The van der Waals surface area contributed by atoms with E-state index in [9.17, 15) is 9.90 Å². The summed E-state index contributed by atoms with van der Waals surface area (Å²) in [6.45, 7) is 5.12. The van der Waals surface area contributed by atoms with E-state index in [0.717, 1.165) is 31.7 Å². The highest BCUT2D eigenvalue weighted by Gasteiger charge is 2.24. The van der Waals surface area contributed by atoms with Gasteiger partial charge in [-0.15, -0.1) is 24.8 Å². The summed E-state index contributed by atoms with van der Waals surface area (Å²) >= 11 is 0. The van der Waals surface area contributed by atoms with Crippen LogP contribution in [0.25, 0.3) is 0 Å². The standard InChI is InChI=1S/C24H31N3O4.2ClH/c1-30-22-8-7-18(19-14-24(29)25-15-19)13-23(22)31-17-21(28)16-26-9-11-27(12-10-26)20-5-3-2-4-6-20;;/h2-8,13,19,21,28H,9-12,14-17H2,1H3,(H,25,29);2*1H. The number of rotatable bonds is 8. The van der Waals surface area contributed by atoms with Crippen molar-refractivity contribution in [2.75, 3.05) is 57.9 Å². The predicted molar refractivity (Wildman–Crippen MR) is 134 cm³/mol. The molecular formula is C24H33Cl2N3O4. The van der Waals surface area contributed by atoms with Crippen LogP contribution in [0.5, 0.6) is 11.5 Å². The van der Waals surface area contributed by atoms with Gasteiger partial charge in [-0.1, -0.05) is 24.3 Å². The van der Waals surface area contributed by atoms with Crippen LogP contribution in [0.1, 0.15) is 17.9 Å². The lowest BCUT2D eigenvalue weighted by Crippen LogP contribution is -2.49. The van der Waals surface area contributed by atoms with Gasteiger partial charge < -0.3 is 24.8 Å². The monoisotopic (exact) mass is 497 g/mol. The molecule has 2 aromatic rings. The van der Waals surface area contributed by atoms with E-state index >= 15 is 0 Å². The largest absolute Gasteiger partial charge is 0.493 e. The summed E-state index contributed by atoms with van der Waals surface area (Å²) in [6.07, 6.45) is -0.102. The number of methoxy groups -OCH3 is 1. The molecule has 4 rings (SSSR count). The third-order valence-electron chi connectivity index (χ3n) is 6.03. The number of para-hydroxylation sites is 1. The number of aliphatic hydroxyl groups excluding tert-OH is 1. The highest BCUT2D eigenvalue weighted by atomic mass is 35.5. The summed E-state index contributed by atoms with van der Waals surface area (Å²) in [5, 5.41) is 13.4. The van der Waals surface area contributed by atoms with E-state index in [1.165, 1.54) is 5.69 Å². The van der Waals surface area contributed by atoms with Gasteiger partial charge >= 0.3 is 0 Å². The Kier molecular flexibility index (Phi) is 10.6. The van der Waals surface area contributed by atoms with E-state index in [4.69, 9.17) is 9.47 Å². The maximum Gasteiger partial charge on any atom is 0.220 e. The zero-order valence-corrected chi connectivity index (χ0v) is 20.4. The van der Waals surface area contributed by atoms with Crippen molar-refractivity contribution >= 4 is 36.4 Å². The van der Waals surface area contributed by atoms with Gasteiger partial charge in [0.15, 0.2) is 11.5 Å². The molecule has 33 heavy (non-hydrogen) atoms. The molecule has 0 aliphatic carbocycles. The summed E-state index contributed by atoms with van der Waals surface area (Å²) in [6, 6.07) is 16.2. The normalized spacial score (nSPS) is 19.2. The average Bonchev–Trinajstić information content (AvgIpc) is 3.25. The van der Waals surface area contributed by atoms with Gasteiger partial charge in [0.05, 0.1) is 7.11 Å². The van der Waals surface area contributed by atoms with E-state index in [0.29, 0.717) is 31.0 Å². The number of benzene rings is 2. The molecule has 1 amide bonds. The second kappa shape index (κ2) is 12.9. The van der Waals surface area contributed by atoms with E-state index in [1.807, 2.05) is 24.3 Å². The number of halogens is 2. The molecule has 2 N–H and O–H groups in total. The van der Waals surface area contributed by atoms with Gasteiger partial charge in [0.1, 0.15) is 12.7 Å². The minimum Gasteiger partial charge on any atom is -0.493 e. The average molecular weight is 498 g/mol. The Labute approximate surface area is 207 Å². The summed E-state index contributed by atoms with van der Waals surface area (Å²) < 4.78 is 11.3. The molecule has 0 saturated carbocycles. The van der Waals surface area contributed by atoms with Crippen molar-refractivity contribution in [2.45, 2.75) is 18.4 Å². The molecule has 2 aliphatic heterocycles. The van der Waals surface area contributed by atoms with Gasteiger partial charge in [-0.05, 0) is 29.8 Å². The third kappa shape index (κ3) is 7.14. The molecule has 7 nitrogen and oxygen atoms in total. The lowest BCUT2D eigenvalue weighted by molar-refractivity contribution is -0.119. The number of nitrogens with zero attached hydrogens (tertiary/aromatic N) is 2. The first-order chi connectivity index (χ1) is 15.1. The van der Waals surface area contributed by atoms with E-state index in [1.54, 1.807) is 7.11 Å². The van der Waals surface area contributed by atoms with Crippen LogP contribution >= 0.6 is 24.8 Å². The van der Waals surface area contributed by atoms with Crippen molar-refractivity contribution in [1.29, 1.82) is 0 Å². The Morgan fingerprint density at radius 1 is 1.06 bits per heavy atom. The Morgan fingerprint density at radius 2 is 1.79 bits per heavy atom. The molecule has 9 heteroatoms. The Morgan fingerprint density at radius 3 is 2.42 bits per heavy atom. The Balaban J connectivity index is 0.00000193. The number of carbonyl (C=O) groups is 1. The zero-order valence-electron chi connectivity index (χ0n) is 18.8. The van der Waals surface area contributed by atoms with Crippen LogP contribution in [-0.2, 0) is 4.79 Å². The number of hydrogen-bond donors (Lipinski definition) is 2. The molecule has 0 radical (unpaired) electrons. The fraction of sp³-hybridized carbons (Fsp3) is 0.458. The Bertz CT molecular complexity index is 879. The van der Waals surface area contributed by atoms with Crippen molar-refractivity contribution in [3.63, 3.8) is 0 Å². The molecule has 0 bridgehead atoms. The number of ether oxygens (including phenoxy) is 2. The zero-order chi connectivity index (χ0) is 21.6. The van der Waals surface area contributed by atoms with E-state index in [2.05, 4.69) is 39.4 Å². The molecule has 0 aromatic heterocycles. The Hall–Kier alpha value is -2.19. The van der Waals surface area contributed by atoms with Gasteiger partial charge in [-0.25, -0.2) is 0 Å². The first kappa shape index (κ1) is 27.1. The van der Waals surface area contributed by atoms with Crippen LogP contribution in [-0.4, -0.2) is 75.0 Å². The third-order valence-corrected chi connectivity index (χ3v) is 6.03. The number of hydrogen-bond acceptors (Lipinski definition) is 6. The van der Waals surface area contributed by atoms with Crippen LogP contribution in [0.4, 0.5) is 5.69 Å². The van der Waals surface area contributed by atoms with Gasteiger partial charge in [-0.3, -0.25) is 9.69 Å². The van der Waals surface area contributed by atoms with Crippen molar-refractivity contribution in [1.82, 2.24) is 10.2 Å². The molecule has 2 saturated heterocycles. The first-order valence-corrected chi connectivity index (χ1v) is 10.9. The lowest BCUT2D eigenvalue weighted by Gasteiger charge is -2.36. The minimum absolute atomic E-state index is 0. The molecule has 2 aliphatic rings. The molecule has 0 spiro atoms. The molecule has 182 valence electrons. The predicted octanol–water partition coefficient (Wildman–Crippen LogP) is 2.70.